The standard InChI is InChI=1S/C14H19N3O/c18-14-10-17(9-7-11-4-3-8-15-11)13-6-2-1-5-12(13)16-14/h1-2,5-6,11,15H,3-4,7-10H2,(H,16,18). The Balaban J connectivity index is 1.69. The fourth-order valence-corrected chi connectivity index (χ4v) is 2.82. The topological polar surface area (TPSA) is 44.4 Å². The van der Waals surface area contributed by atoms with E-state index in [2.05, 4.69) is 21.6 Å². The fraction of sp³-hybridized carbons (Fsp3) is 0.500. The van der Waals surface area contributed by atoms with Crippen molar-refractivity contribution < 1.29 is 4.79 Å². The minimum atomic E-state index is 0.0908. The van der Waals surface area contributed by atoms with Crippen molar-refractivity contribution in [1.82, 2.24) is 5.32 Å². The first-order chi connectivity index (χ1) is 8.83. The number of fused-ring (bicyclic) bond motifs is 1. The molecule has 0 aliphatic carbocycles. The number of hydrogen-bond acceptors (Lipinski definition) is 3. The Kier molecular flexibility index (Phi) is 3.19. The molecule has 1 atom stereocenters. The summed E-state index contributed by atoms with van der Waals surface area (Å²) < 4.78 is 0. The molecule has 1 amide bonds. The zero-order valence-electron chi connectivity index (χ0n) is 10.5. The molecular formula is C14H19N3O. The van der Waals surface area contributed by atoms with Crippen molar-refractivity contribution in [3.63, 3.8) is 0 Å². The smallest absolute Gasteiger partial charge is 0.243 e. The fourth-order valence-electron chi connectivity index (χ4n) is 2.82. The summed E-state index contributed by atoms with van der Waals surface area (Å²) in [5, 5.41) is 6.43. The third-order valence-corrected chi connectivity index (χ3v) is 3.76. The van der Waals surface area contributed by atoms with Crippen molar-refractivity contribution in [3.05, 3.63) is 24.3 Å². The van der Waals surface area contributed by atoms with Gasteiger partial charge in [0.25, 0.3) is 0 Å². The molecule has 0 bridgehead atoms. The Morgan fingerprint density at radius 1 is 1.33 bits per heavy atom. The summed E-state index contributed by atoms with van der Waals surface area (Å²) in [6, 6.07) is 8.66. The molecule has 1 aromatic rings. The first kappa shape index (κ1) is 11.5. The van der Waals surface area contributed by atoms with Gasteiger partial charge in [-0.1, -0.05) is 12.1 Å². The van der Waals surface area contributed by atoms with Crippen LogP contribution >= 0.6 is 0 Å². The van der Waals surface area contributed by atoms with Crippen molar-refractivity contribution >= 4 is 17.3 Å². The molecule has 4 nitrogen and oxygen atoms in total. The second-order valence-electron chi connectivity index (χ2n) is 5.07. The number of nitrogens with one attached hydrogen (secondary N) is 2. The molecule has 1 saturated heterocycles. The van der Waals surface area contributed by atoms with E-state index in [1.54, 1.807) is 0 Å². The highest BCUT2D eigenvalue weighted by Gasteiger charge is 2.22. The quantitative estimate of drug-likeness (QED) is 0.850. The molecule has 4 heteroatoms. The van der Waals surface area contributed by atoms with Crippen LogP contribution in [0.4, 0.5) is 11.4 Å². The maximum Gasteiger partial charge on any atom is 0.243 e. The Morgan fingerprint density at radius 3 is 3.06 bits per heavy atom. The molecule has 0 aromatic heterocycles. The van der Waals surface area contributed by atoms with Gasteiger partial charge in [0.1, 0.15) is 0 Å². The zero-order valence-corrected chi connectivity index (χ0v) is 10.5. The number of para-hydroxylation sites is 2. The number of benzene rings is 1. The van der Waals surface area contributed by atoms with Crippen molar-refractivity contribution in [2.24, 2.45) is 0 Å². The lowest BCUT2D eigenvalue weighted by Gasteiger charge is -2.31. The third kappa shape index (κ3) is 2.34. The van der Waals surface area contributed by atoms with Gasteiger partial charge in [0, 0.05) is 12.6 Å². The number of hydrogen-bond donors (Lipinski definition) is 2. The minimum absolute atomic E-state index is 0.0908. The van der Waals surface area contributed by atoms with E-state index in [1.165, 1.54) is 12.8 Å². The highest BCUT2D eigenvalue weighted by atomic mass is 16.2. The highest BCUT2D eigenvalue weighted by Crippen LogP contribution is 2.29. The van der Waals surface area contributed by atoms with Crippen molar-refractivity contribution in [2.45, 2.75) is 25.3 Å². The average molecular weight is 245 g/mol. The molecule has 2 aliphatic heterocycles. The molecule has 2 aliphatic rings. The first-order valence-corrected chi connectivity index (χ1v) is 6.70. The molecule has 0 spiro atoms. The van der Waals surface area contributed by atoms with E-state index >= 15 is 0 Å². The Morgan fingerprint density at radius 2 is 2.22 bits per heavy atom. The van der Waals surface area contributed by atoms with Crippen LogP contribution in [-0.4, -0.2) is 31.6 Å². The lowest BCUT2D eigenvalue weighted by Crippen LogP contribution is -2.40. The van der Waals surface area contributed by atoms with E-state index in [0.29, 0.717) is 12.6 Å². The lowest BCUT2D eigenvalue weighted by molar-refractivity contribution is -0.115. The van der Waals surface area contributed by atoms with Crippen LogP contribution in [0, 0.1) is 0 Å². The average Bonchev–Trinajstić information content (AvgIpc) is 2.89. The van der Waals surface area contributed by atoms with Crippen LogP contribution in [0.15, 0.2) is 24.3 Å². The number of carbonyl (C=O) groups is 1. The number of amides is 1. The maximum absolute atomic E-state index is 11.7. The van der Waals surface area contributed by atoms with E-state index in [4.69, 9.17) is 0 Å². The molecule has 2 N–H and O–H groups in total. The van der Waals surface area contributed by atoms with Crippen LogP contribution in [0.5, 0.6) is 0 Å². The molecule has 3 rings (SSSR count). The second kappa shape index (κ2) is 4.98. The lowest BCUT2D eigenvalue weighted by atomic mass is 10.1. The predicted octanol–water partition coefficient (Wildman–Crippen LogP) is 1.59. The SMILES string of the molecule is O=C1CN(CCC2CCCN2)c2ccccc2N1. The Hall–Kier alpha value is -1.55. The van der Waals surface area contributed by atoms with Gasteiger partial charge in [-0.3, -0.25) is 4.79 Å². The van der Waals surface area contributed by atoms with Crippen LogP contribution in [0.2, 0.25) is 0 Å². The molecule has 1 aromatic carbocycles. The van der Waals surface area contributed by atoms with Gasteiger partial charge in [0.05, 0.1) is 17.9 Å². The second-order valence-corrected chi connectivity index (χ2v) is 5.07. The summed E-state index contributed by atoms with van der Waals surface area (Å²) >= 11 is 0. The summed E-state index contributed by atoms with van der Waals surface area (Å²) in [7, 11) is 0. The Labute approximate surface area is 107 Å². The van der Waals surface area contributed by atoms with Crippen LogP contribution in [0.25, 0.3) is 0 Å². The van der Waals surface area contributed by atoms with Gasteiger partial charge >= 0.3 is 0 Å². The van der Waals surface area contributed by atoms with Gasteiger partial charge in [0.2, 0.25) is 5.91 Å². The monoisotopic (exact) mass is 245 g/mol. The third-order valence-electron chi connectivity index (χ3n) is 3.76. The summed E-state index contributed by atoms with van der Waals surface area (Å²) in [5.74, 6) is 0.0908. The summed E-state index contributed by atoms with van der Waals surface area (Å²) in [5.41, 5.74) is 2.09. The molecule has 2 heterocycles. The van der Waals surface area contributed by atoms with Gasteiger partial charge in [0.15, 0.2) is 0 Å². The predicted molar refractivity (Wildman–Crippen MR) is 72.9 cm³/mol. The van der Waals surface area contributed by atoms with Crippen molar-refractivity contribution in [3.8, 4) is 0 Å². The van der Waals surface area contributed by atoms with Crippen LogP contribution < -0.4 is 15.5 Å². The molecule has 0 radical (unpaired) electrons. The van der Waals surface area contributed by atoms with Crippen LogP contribution in [-0.2, 0) is 4.79 Å². The molecular weight excluding hydrogens is 226 g/mol. The minimum Gasteiger partial charge on any atom is -0.360 e. The summed E-state index contributed by atoms with van der Waals surface area (Å²) in [4.78, 5) is 13.9. The van der Waals surface area contributed by atoms with Gasteiger partial charge < -0.3 is 15.5 Å². The van der Waals surface area contributed by atoms with Crippen molar-refractivity contribution in [2.75, 3.05) is 29.9 Å². The molecule has 1 unspecified atom stereocenters. The van der Waals surface area contributed by atoms with Gasteiger partial charge in [-0.25, -0.2) is 0 Å². The van der Waals surface area contributed by atoms with Crippen molar-refractivity contribution in [1.29, 1.82) is 0 Å². The number of anilines is 2. The molecule has 96 valence electrons. The molecule has 1 fully saturated rings. The number of rotatable bonds is 3. The van der Waals surface area contributed by atoms with E-state index < -0.39 is 0 Å². The number of nitrogens with zero attached hydrogens (tertiary/aromatic N) is 1. The highest BCUT2D eigenvalue weighted by molar-refractivity contribution is 6.01. The largest absolute Gasteiger partial charge is 0.360 e. The van der Waals surface area contributed by atoms with E-state index in [9.17, 15) is 4.79 Å². The van der Waals surface area contributed by atoms with E-state index in [0.717, 1.165) is 30.9 Å². The van der Waals surface area contributed by atoms with E-state index in [1.807, 2.05) is 18.2 Å². The first-order valence-electron chi connectivity index (χ1n) is 6.70. The maximum atomic E-state index is 11.7. The van der Waals surface area contributed by atoms with Crippen LogP contribution in [0.3, 0.4) is 0 Å². The summed E-state index contributed by atoms with van der Waals surface area (Å²) in [6.45, 7) is 2.56. The zero-order chi connectivity index (χ0) is 12.4. The summed E-state index contributed by atoms with van der Waals surface area (Å²) in [6.07, 6.45) is 3.66. The van der Waals surface area contributed by atoms with Gasteiger partial charge in [-0.2, -0.15) is 0 Å². The number of carbonyl (C=O) groups excluding carboxylic acids is 1. The van der Waals surface area contributed by atoms with E-state index in [-0.39, 0.29) is 5.91 Å². The van der Waals surface area contributed by atoms with Gasteiger partial charge in [-0.05, 0) is 37.9 Å². The molecule has 18 heavy (non-hydrogen) atoms. The van der Waals surface area contributed by atoms with Gasteiger partial charge in [-0.15, -0.1) is 0 Å². The molecule has 0 saturated carbocycles. The Bertz CT molecular complexity index is 440. The normalized spacial score (nSPS) is 22.8. The van der Waals surface area contributed by atoms with Crippen LogP contribution in [0.1, 0.15) is 19.3 Å².